The number of benzene rings is 1. The van der Waals surface area contributed by atoms with Crippen LogP contribution in [-0.2, 0) is 4.79 Å². The number of carbonyl (C=O) groups is 1. The van der Waals surface area contributed by atoms with Crippen molar-refractivity contribution in [2.75, 3.05) is 0 Å². The predicted molar refractivity (Wildman–Crippen MR) is 69.0 cm³/mol. The highest BCUT2D eigenvalue weighted by Gasteiger charge is 2.23. The van der Waals surface area contributed by atoms with Crippen molar-refractivity contribution < 1.29 is 9.90 Å². The number of hydrogen-bond acceptors (Lipinski definition) is 2. The molecular weight excluding hydrogens is 214 g/mol. The Bertz CT molecular complexity index is 370. The van der Waals surface area contributed by atoms with Gasteiger partial charge in [0, 0.05) is 6.04 Å². The van der Waals surface area contributed by atoms with Crippen LogP contribution in [0.5, 0.6) is 0 Å². The van der Waals surface area contributed by atoms with Crippen LogP contribution in [0.25, 0.3) is 0 Å². The summed E-state index contributed by atoms with van der Waals surface area (Å²) in [6, 6.07) is 7.68. The SMILES string of the molecule is Cc1ccc(C(C)NC(C(=O)O)C(C)C)cc1. The minimum atomic E-state index is -0.793. The maximum Gasteiger partial charge on any atom is 0.320 e. The highest BCUT2D eigenvalue weighted by atomic mass is 16.4. The highest BCUT2D eigenvalue weighted by Crippen LogP contribution is 2.15. The second kappa shape index (κ2) is 5.82. The first-order chi connectivity index (χ1) is 7.91. The molecule has 0 saturated heterocycles. The normalized spacial score (nSPS) is 14.6. The van der Waals surface area contributed by atoms with E-state index in [4.69, 9.17) is 5.11 Å². The molecule has 0 fully saturated rings. The van der Waals surface area contributed by atoms with E-state index in [9.17, 15) is 4.79 Å². The molecule has 0 radical (unpaired) electrons. The summed E-state index contributed by atoms with van der Waals surface area (Å²) in [6.07, 6.45) is 0. The number of rotatable bonds is 5. The number of nitrogens with one attached hydrogen (secondary N) is 1. The molecule has 0 amide bonds. The summed E-state index contributed by atoms with van der Waals surface area (Å²) in [5.74, 6) is -0.723. The van der Waals surface area contributed by atoms with Gasteiger partial charge in [-0.15, -0.1) is 0 Å². The van der Waals surface area contributed by atoms with Crippen LogP contribution in [0.3, 0.4) is 0 Å². The molecule has 1 aromatic carbocycles. The molecule has 3 heteroatoms. The second-order valence-corrected chi connectivity index (χ2v) is 4.86. The lowest BCUT2D eigenvalue weighted by Gasteiger charge is -2.23. The monoisotopic (exact) mass is 235 g/mol. The minimum Gasteiger partial charge on any atom is -0.480 e. The van der Waals surface area contributed by atoms with Crippen molar-refractivity contribution in [3.8, 4) is 0 Å². The maximum absolute atomic E-state index is 11.1. The van der Waals surface area contributed by atoms with Gasteiger partial charge in [0.1, 0.15) is 6.04 Å². The maximum atomic E-state index is 11.1. The lowest BCUT2D eigenvalue weighted by molar-refractivity contribution is -0.140. The summed E-state index contributed by atoms with van der Waals surface area (Å²) in [6.45, 7) is 7.85. The van der Waals surface area contributed by atoms with Gasteiger partial charge >= 0.3 is 5.97 Å². The third-order valence-electron chi connectivity index (χ3n) is 2.94. The second-order valence-electron chi connectivity index (χ2n) is 4.86. The molecule has 1 aromatic rings. The Morgan fingerprint density at radius 3 is 2.12 bits per heavy atom. The van der Waals surface area contributed by atoms with Gasteiger partial charge in [-0.2, -0.15) is 0 Å². The first-order valence-electron chi connectivity index (χ1n) is 5.97. The van der Waals surface area contributed by atoms with Crippen molar-refractivity contribution in [3.63, 3.8) is 0 Å². The molecule has 0 spiro atoms. The molecule has 0 bridgehead atoms. The highest BCUT2D eigenvalue weighted by molar-refractivity contribution is 5.73. The predicted octanol–water partition coefficient (Wildman–Crippen LogP) is 2.75. The molecular formula is C14H21NO2. The Labute approximate surface area is 103 Å². The largest absolute Gasteiger partial charge is 0.480 e. The summed E-state index contributed by atoms with van der Waals surface area (Å²) in [5, 5.41) is 12.3. The topological polar surface area (TPSA) is 49.3 Å². The molecule has 0 aromatic heterocycles. The summed E-state index contributed by atoms with van der Waals surface area (Å²) in [7, 11) is 0. The standard InChI is InChI=1S/C14H21NO2/c1-9(2)13(14(16)17)15-11(4)12-7-5-10(3)6-8-12/h5-9,11,13,15H,1-4H3,(H,16,17). The van der Waals surface area contributed by atoms with Gasteiger partial charge in [-0.1, -0.05) is 43.7 Å². The van der Waals surface area contributed by atoms with Gasteiger partial charge < -0.3 is 5.11 Å². The van der Waals surface area contributed by atoms with Crippen LogP contribution < -0.4 is 5.32 Å². The fourth-order valence-electron chi connectivity index (χ4n) is 1.77. The molecule has 0 aliphatic rings. The van der Waals surface area contributed by atoms with Gasteiger partial charge in [-0.05, 0) is 25.3 Å². The fourth-order valence-corrected chi connectivity index (χ4v) is 1.77. The molecule has 17 heavy (non-hydrogen) atoms. The molecule has 0 saturated carbocycles. The van der Waals surface area contributed by atoms with E-state index in [1.54, 1.807) is 0 Å². The van der Waals surface area contributed by atoms with E-state index in [2.05, 4.69) is 5.32 Å². The fraction of sp³-hybridized carbons (Fsp3) is 0.500. The number of carboxylic acid groups (broad SMARTS) is 1. The molecule has 0 heterocycles. The van der Waals surface area contributed by atoms with E-state index >= 15 is 0 Å². The van der Waals surface area contributed by atoms with Gasteiger partial charge in [0.2, 0.25) is 0 Å². The molecule has 2 N–H and O–H groups in total. The molecule has 0 aliphatic heterocycles. The van der Waals surface area contributed by atoms with Crippen LogP contribution in [0, 0.1) is 12.8 Å². The van der Waals surface area contributed by atoms with Crippen molar-refractivity contribution in [1.29, 1.82) is 0 Å². The molecule has 1 rings (SSSR count). The Balaban J connectivity index is 2.73. The van der Waals surface area contributed by atoms with E-state index in [1.165, 1.54) is 5.56 Å². The zero-order chi connectivity index (χ0) is 13.0. The van der Waals surface area contributed by atoms with Crippen molar-refractivity contribution in [2.45, 2.75) is 39.8 Å². The first kappa shape index (κ1) is 13.7. The van der Waals surface area contributed by atoms with Gasteiger partial charge in [0.15, 0.2) is 0 Å². The zero-order valence-electron chi connectivity index (χ0n) is 10.9. The molecule has 94 valence electrons. The molecule has 3 nitrogen and oxygen atoms in total. The van der Waals surface area contributed by atoms with E-state index in [1.807, 2.05) is 52.0 Å². The van der Waals surface area contributed by atoms with Crippen molar-refractivity contribution in [2.24, 2.45) is 5.92 Å². The van der Waals surface area contributed by atoms with E-state index < -0.39 is 12.0 Å². The number of aryl methyl sites for hydroxylation is 1. The summed E-state index contributed by atoms with van der Waals surface area (Å²) < 4.78 is 0. The smallest absolute Gasteiger partial charge is 0.320 e. The van der Waals surface area contributed by atoms with Gasteiger partial charge in [0.05, 0.1) is 0 Å². The Morgan fingerprint density at radius 2 is 1.71 bits per heavy atom. The zero-order valence-corrected chi connectivity index (χ0v) is 10.9. The van der Waals surface area contributed by atoms with Crippen LogP contribution >= 0.6 is 0 Å². The van der Waals surface area contributed by atoms with E-state index in [0.717, 1.165) is 5.56 Å². The molecule has 2 atom stereocenters. The van der Waals surface area contributed by atoms with Gasteiger partial charge in [-0.25, -0.2) is 0 Å². The Morgan fingerprint density at radius 1 is 1.18 bits per heavy atom. The first-order valence-corrected chi connectivity index (χ1v) is 5.97. The van der Waals surface area contributed by atoms with Crippen LogP contribution in [0.1, 0.15) is 37.9 Å². The van der Waals surface area contributed by atoms with E-state index in [-0.39, 0.29) is 12.0 Å². The lowest BCUT2D eigenvalue weighted by Crippen LogP contribution is -2.42. The number of hydrogen-bond donors (Lipinski definition) is 2. The van der Waals surface area contributed by atoms with Crippen molar-refractivity contribution in [3.05, 3.63) is 35.4 Å². The van der Waals surface area contributed by atoms with Crippen molar-refractivity contribution >= 4 is 5.97 Å². The van der Waals surface area contributed by atoms with E-state index in [0.29, 0.717) is 0 Å². The van der Waals surface area contributed by atoms with Crippen LogP contribution in [0.2, 0.25) is 0 Å². The minimum absolute atomic E-state index is 0.0408. The summed E-state index contributed by atoms with van der Waals surface area (Å²) >= 11 is 0. The Hall–Kier alpha value is -1.35. The average molecular weight is 235 g/mol. The summed E-state index contributed by atoms with van der Waals surface area (Å²) in [5.41, 5.74) is 2.32. The van der Waals surface area contributed by atoms with Gasteiger partial charge in [0.25, 0.3) is 0 Å². The number of aliphatic carboxylic acids is 1. The van der Waals surface area contributed by atoms with Crippen LogP contribution in [-0.4, -0.2) is 17.1 Å². The average Bonchev–Trinajstić information content (AvgIpc) is 2.25. The Kier molecular flexibility index (Phi) is 4.70. The van der Waals surface area contributed by atoms with Crippen molar-refractivity contribution in [1.82, 2.24) is 5.32 Å². The molecule has 0 aliphatic carbocycles. The summed E-state index contributed by atoms with van der Waals surface area (Å²) in [4.78, 5) is 11.1. The quantitative estimate of drug-likeness (QED) is 0.825. The lowest BCUT2D eigenvalue weighted by atomic mass is 10.0. The van der Waals surface area contributed by atoms with Crippen LogP contribution in [0.15, 0.2) is 24.3 Å². The molecule has 2 unspecified atom stereocenters. The van der Waals surface area contributed by atoms with Crippen LogP contribution in [0.4, 0.5) is 0 Å². The third-order valence-corrected chi connectivity index (χ3v) is 2.94. The van der Waals surface area contributed by atoms with Gasteiger partial charge in [-0.3, -0.25) is 10.1 Å². The third kappa shape index (κ3) is 3.86. The number of carboxylic acids is 1.